The summed E-state index contributed by atoms with van der Waals surface area (Å²) in [6, 6.07) is 2.99. The van der Waals surface area contributed by atoms with Crippen molar-refractivity contribution < 1.29 is 23.4 Å². The van der Waals surface area contributed by atoms with Gasteiger partial charge in [0.15, 0.2) is 11.6 Å². The van der Waals surface area contributed by atoms with Gasteiger partial charge in [-0.3, -0.25) is 4.79 Å². The third kappa shape index (κ3) is 4.52. The molecule has 0 unspecified atom stereocenters. The highest BCUT2D eigenvalue weighted by Crippen LogP contribution is 2.36. The maximum Gasteiger partial charge on any atom is 0.280 e. The topological polar surface area (TPSA) is 72.9 Å². The molecule has 1 saturated carbocycles. The monoisotopic (exact) mass is 421 g/mol. The number of aromatic nitrogens is 1. The molecule has 1 aromatic carbocycles. The summed E-state index contributed by atoms with van der Waals surface area (Å²) < 4.78 is 31.0. The number of carbonyl (C=O) groups excluding carboxylic acids is 1. The molecule has 2 heterocycles. The van der Waals surface area contributed by atoms with Crippen LogP contribution in [0.5, 0.6) is 10.9 Å². The van der Waals surface area contributed by atoms with Crippen molar-refractivity contribution in [3.8, 4) is 10.9 Å². The molecule has 9 heteroatoms. The van der Waals surface area contributed by atoms with Crippen LogP contribution in [0, 0.1) is 18.7 Å². The third-order valence-electron chi connectivity index (χ3n) is 5.28. The van der Waals surface area contributed by atoms with Crippen molar-refractivity contribution in [2.24, 2.45) is 5.92 Å². The van der Waals surface area contributed by atoms with Gasteiger partial charge in [-0.15, -0.1) is 0 Å². The molecule has 1 aliphatic carbocycles. The lowest BCUT2D eigenvalue weighted by Gasteiger charge is -2.32. The predicted molar refractivity (Wildman–Crippen MR) is 109 cm³/mol. The smallest absolute Gasteiger partial charge is 0.280 e. The number of nitrogens with one attached hydrogen (secondary N) is 1. The highest BCUT2D eigenvalue weighted by Gasteiger charge is 2.34. The number of aryl methyl sites for hydroxylation is 1. The molecule has 0 radical (unpaired) electrons. The summed E-state index contributed by atoms with van der Waals surface area (Å²) in [4.78, 5) is 18.7. The summed E-state index contributed by atoms with van der Waals surface area (Å²) in [6.45, 7) is 4.71. The Kier molecular flexibility index (Phi) is 5.98. The second-order valence-corrected chi connectivity index (χ2v) is 8.26. The number of ether oxygens (including phenoxy) is 3. The van der Waals surface area contributed by atoms with Crippen molar-refractivity contribution >= 4 is 27.9 Å². The van der Waals surface area contributed by atoms with Gasteiger partial charge < -0.3 is 24.4 Å². The number of morpholine rings is 1. The minimum atomic E-state index is -0.535. The number of hydrogen-bond donors (Lipinski definition) is 1. The maximum atomic E-state index is 14.7. The van der Waals surface area contributed by atoms with E-state index < -0.39 is 5.82 Å². The van der Waals surface area contributed by atoms with Crippen molar-refractivity contribution in [3.63, 3.8) is 0 Å². The van der Waals surface area contributed by atoms with Gasteiger partial charge >= 0.3 is 0 Å². The van der Waals surface area contributed by atoms with Crippen LogP contribution in [0.25, 0.3) is 0 Å². The molecule has 1 N–H and O–H groups in total. The van der Waals surface area contributed by atoms with Crippen molar-refractivity contribution in [2.75, 3.05) is 43.6 Å². The van der Waals surface area contributed by atoms with Crippen LogP contribution in [-0.4, -0.2) is 50.4 Å². The molecule has 7 nitrogen and oxygen atoms in total. The Bertz CT molecular complexity index is 855. The summed E-state index contributed by atoms with van der Waals surface area (Å²) in [7, 11) is 1.64. The van der Waals surface area contributed by atoms with Crippen LogP contribution in [-0.2, 0) is 14.3 Å². The first kappa shape index (κ1) is 20.1. The van der Waals surface area contributed by atoms with Crippen LogP contribution >= 0.6 is 11.3 Å². The Balaban J connectivity index is 1.41. The second-order valence-electron chi connectivity index (χ2n) is 7.29. The lowest BCUT2D eigenvalue weighted by molar-refractivity contribution is -0.127. The van der Waals surface area contributed by atoms with Gasteiger partial charge in [0.2, 0.25) is 5.91 Å². The number of methoxy groups -OCH3 is 1. The lowest BCUT2D eigenvalue weighted by Crippen LogP contribution is -2.38. The van der Waals surface area contributed by atoms with E-state index in [2.05, 4.69) is 15.2 Å². The highest BCUT2D eigenvalue weighted by molar-refractivity contribution is 7.17. The molecule has 2 aliphatic rings. The summed E-state index contributed by atoms with van der Waals surface area (Å²) >= 11 is 1.37. The van der Waals surface area contributed by atoms with E-state index in [1.54, 1.807) is 26.3 Å². The molecule has 1 saturated heterocycles. The number of thiazole rings is 1. The average molecular weight is 421 g/mol. The van der Waals surface area contributed by atoms with Crippen LogP contribution in [0.4, 0.5) is 15.1 Å². The van der Waals surface area contributed by atoms with Crippen molar-refractivity contribution in [1.82, 2.24) is 4.98 Å². The molecule has 0 spiro atoms. The number of rotatable bonds is 6. The largest absolute Gasteiger partial charge is 0.427 e. The summed E-state index contributed by atoms with van der Waals surface area (Å²) in [6.07, 6.45) is 3.26. The van der Waals surface area contributed by atoms with Crippen molar-refractivity contribution in [2.45, 2.75) is 25.9 Å². The molecule has 0 bridgehead atoms. The van der Waals surface area contributed by atoms with E-state index in [9.17, 15) is 9.18 Å². The van der Waals surface area contributed by atoms with E-state index in [1.165, 1.54) is 17.4 Å². The Morgan fingerprint density at radius 3 is 2.79 bits per heavy atom. The van der Waals surface area contributed by atoms with Gasteiger partial charge in [0.05, 0.1) is 25.5 Å². The van der Waals surface area contributed by atoms with Gasteiger partial charge in [-0.25, -0.2) is 9.37 Å². The first-order valence-corrected chi connectivity index (χ1v) is 10.5. The fraction of sp³-hybridized carbons (Fsp3) is 0.500. The first-order valence-electron chi connectivity index (χ1n) is 9.63. The van der Waals surface area contributed by atoms with Crippen LogP contribution < -0.4 is 15.0 Å². The average Bonchev–Trinajstić information content (AvgIpc) is 3.13. The number of hydrogen-bond acceptors (Lipinski definition) is 7. The van der Waals surface area contributed by atoms with E-state index in [0.29, 0.717) is 42.5 Å². The molecule has 2 fully saturated rings. The summed E-state index contributed by atoms with van der Waals surface area (Å²) in [5.41, 5.74) is 1.01. The van der Waals surface area contributed by atoms with Crippen LogP contribution in [0.15, 0.2) is 18.3 Å². The van der Waals surface area contributed by atoms with Gasteiger partial charge in [-0.1, -0.05) is 11.3 Å². The Morgan fingerprint density at radius 2 is 2.10 bits per heavy atom. The molecular formula is C20H24FN3O4S. The minimum Gasteiger partial charge on any atom is -0.427 e. The zero-order valence-corrected chi connectivity index (χ0v) is 17.3. The van der Waals surface area contributed by atoms with Crippen molar-refractivity contribution in [3.05, 3.63) is 29.7 Å². The van der Waals surface area contributed by atoms with E-state index in [4.69, 9.17) is 14.2 Å². The van der Waals surface area contributed by atoms with Crippen molar-refractivity contribution in [1.29, 1.82) is 0 Å². The molecular weight excluding hydrogens is 397 g/mol. The quantitative estimate of drug-likeness (QED) is 0.769. The second kappa shape index (κ2) is 8.64. The van der Waals surface area contributed by atoms with Gasteiger partial charge in [0.1, 0.15) is 5.00 Å². The third-order valence-corrected chi connectivity index (χ3v) is 6.22. The van der Waals surface area contributed by atoms with Gasteiger partial charge in [0, 0.05) is 37.9 Å². The molecule has 1 aromatic heterocycles. The van der Waals surface area contributed by atoms with E-state index >= 15 is 0 Å². The zero-order valence-electron chi connectivity index (χ0n) is 16.4. The maximum absolute atomic E-state index is 14.7. The molecule has 1 amide bonds. The number of nitrogens with zero attached hydrogens (tertiary/aromatic N) is 2. The highest BCUT2D eigenvalue weighted by atomic mass is 32.1. The normalized spacial score (nSPS) is 21.6. The fourth-order valence-corrected chi connectivity index (χ4v) is 4.29. The zero-order chi connectivity index (χ0) is 20.4. The van der Waals surface area contributed by atoms with Crippen LogP contribution in [0.2, 0.25) is 0 Å². The fourth-order valence-electron chi connectivity index (χ4n) is 3.46. The van der Waals surface area contributed by atoms with E-state index in [-0.39, 0.29) is 23.7 Å². The first-order chi connectivity index (χ1) is 14.0. The Morgan fingerprint density at radius 1 is 1.34 bits per heavy atom. The number of halogens is 1. The van der Waals surface area contributed by atoms with E-state index in [0.717, 1.165) is 18.1 Å². The molecule has 29 heavy (non-hydrogen) atoms. The van der Waals surface area contributed by atoms with Gasteiger partial charge in [-0.2, -0.15) is 0 Å². The van der Waals surface area contributed by atoms with Crippen LogP contribution in [0.3, 0.4) is 0 Å². The molecule has 1 aliphatic heterocycles. The molecule has 4 rings (SSSR count). The van der Waals surface area contributed by atoms with Gasteiger partial charge in [-0.05, 0) is 31.4 Å². The number of benzene rings is 1. The van der Waals surface area contributed by atoms with Crippen LogP contribution in [0.1, 0.15) is 18.4 Å². The van der Waals surface area contributed by atoms with E-state index in [1.807, 2.05) is 0 Å². The molecule has 2 aromatic rings. The predicted octanol–water partition coefficient (Wildman–Crippen LogP) is 3.58. The molecule has 156 valence electrons. The molecule has 0 atom stereocenters. The number of amides is 1. The Hall–Kier alpha value is -2.23. The lowest BCUT2D eigenvalue weighted by atomic mass is 9.81. The van der Waals surface area contributed by atoms with Gasteiger partial charge in [0.25, 0.3) is 5.19 Å². The number of carbonyl (C=O) groups is 1. The Labute approximate surface area is 172 Å². The minimum absolute atomic E-state index is 0.0897. The summed E-state index contributed by atoms with van der Waals surface area (Å²) in [5.74, 6) is -0.616. The standard InChI is InChI=1S/C20H24FN3O4S/c1-12-7-14(23-19(25)13-8-15(9-13)26-2)10-16(21)18(12)28-20-22-11-17(29-20)24-3-5-27-6-4-24/h7,10-11,13,15H,3-6,8-9H2,1-2H3,(H,23,25). The SMILES string of the molecule is COC1CC(C(=O)Nc2cc(C)c(Oc3ncc(N4CCOCC4)s3)c(F)c2)C1. The number of anilines is 2. The summed E-state index contributed by atoms with van der Waals surface area (Å²) in [5, 5.41) is 4.14.